The summed E-state index contributed by atoms with van der Waals surface area (Å²) in [6, 6.07) is 10.2. The number of nitrogens with zero attached hydrogens (tertiary/aromatic N) is 2. The first-order valence-electron chi connectivity index (χ1n) is 7.23. The number of nitrogens with one attached hydrogen (secondary N) is 1. The Morgan fingerprint density at radius 1 is 1.36 bits per heavy atom. The summed E-state index contributed by atoms with van der Waals surface area (Å²) in [5.74, 6) is -0.142. The Kier molecular flexibility index (Phi) is 5.31. The molecule has 22 heavy (non-hydrogen) atoms. The monoisotopic (exact) mass is 295 g/mol. The van der Waals surface area contributed by atoms with Crippen LogP contribution < -0.4 is 5.32 Å². The van der Waals surface area contributed by atoms with Crippen molar-refractivity contribution in [3.63, 3.8) is 0 Å². The van der Waals surface area contributed by atoms with Crippen LogP contribution in [0.3, 0.4) is 0 Å². The number of rotatable bonds is 7. The molecule has 0 radical (unpaired) electrons. The van der Waals surface area contributed by atoms with Gasteiger partial charge in [-0.25, -0.2) is 4.98 Å². The molecule has 0 unspecified atom stereocenters. The number of carbonyl (C=O) groups is 1. The van der Waals surface area contributed by atoms with Crippen molar-refractivity contribution in [2.45, 2.75) is 26.4 Å². The molecule has 0 fully saturated rings. The highest BCUT2D eigenvalue weighted by Gasteiger charge is 2.12. The van der Waals surface area contributed by atoms with Gasteiger partial charge < -0.3 is 9.88 Å². The van der Waals surface area contributed by atoms with Gasteiger partial charge in [-0.15, -0.1) is 6.58 Å². The maximum absolute atomic E-state index is 11.7. The maximum Gasteiger partial charge on any atom is 0.246 e. The van der Waals surface area contributed by atoms with Crippen molar-refractivity contribution >= 4 is 5.91 Å². The predicted molar refractivity (Wildman–Crippen MR) is 88.3 cm³/mol. The van der Waals surface area contributed by atoms with Crippen LogP contribution in [0.4, 0.5) is 0 Å². The average molecular weight is 295 g/mol. The first kappa shape index (κ1) is 15.8. The fourth-order valence-electron chi connectivity index (χ4n) is 2.19. The molecule has 0 aliphatic heterocycles. The summed E-state index contributed by atoms with van der Waals surface area (Å²) in [7, 11) is 0. The quantitative estimate of drug-likeness (QED) is 0.630. The minimum Gasteiger partial charge on any atom is -0.347 e. The van der Waals surface area contributed by atoms with E-state index in [4.69, 9.17) is 0 Å². The molecule has 0 spiro atoms. The lowest BCUT2D eigenvalue weighted by atomic mass is 10.2. The van der Waals surface area contributed by atoms with E-state index in [1.165, 1.54) is 5.56 Å². The van der Waals surface area contributed by atoms with Crippen molar-refractivity contribution < 1.29 is 4.79 Å². The highest BCUT2D eigenvalue weighted by molar-refractivity contribution is 5.91. The third-order valence-electron chi connectivity index (χ3n) is 3.37. The van der Waals surface area contributed by atoms with Gasteiger partial charge in [0.15, 0.2) is 0 Å². The summed E-state index contributed by atoms with van der Waals surface area (Å²) in [5.41, 5.74) is 3.63. The van der Waals surface area contributed by atoms with Crippen LogP contribution in [0, 0.1) is 0 Å². The molecule has 1 heterocycles. The zero-order valence-electron chi connectivity index (χ0n) is 12.9. The summed E-state index contributed by atoms with van der Waals surface area (Å²) in [6.45, 7) is 10.3. The van der Waals surface area contributed by atoms with E-state index in [9.17, 15) is 4.79 Å². The molecule has 2 rings (SSSR count). The van der Waals surface area contributed by atoms with Crippen molar-refractivity contribution in [1.82, 2.24) is 14.9 Å². The highest BCUT2D eigenvalue weighted by Crippen LogP contribution is 2.12. The molecule has 4 heteroatoms. The Bertz CT molecular complexity index is 671. The van der Waals surface area contributed by atoms with Gasteiger partial charge in [0.1, 0.15) is 0 Å². The highest BCUT2D eigenvalue weighted by atomic mass is 16.1. The van der Waals surface area contributed by atoms with E-state index < -0.39 is 0 Å². The second-order valence-electron chi connectivity index (χ2n) is 5.21. The molecule has 1 aromatic carbocycles. The van der Waals surface area contributed by atoms with Crippen molar-refractivity contribution in [2.75, 3.05) is 0 Å². The molecule has 1 aromatic heterocycles. The number of aromatic nitrogens is 2. The SMILES string of the molecule is C=CCc1ncn(Cc2ccccc2)c1CNC(=O)C(=C)C. The smallest absolute Gasteiger partial charge is 0.246 e. The number of amides is 1. The van der Waals surface area contributed by atoms with Gasteiger partial charge in [-0.05, 0) is 12.5 Å². The first-order chi connectivity index (χ1) is 10.6. The van der Waals surface area contributed by atoms with Gasteiger partial charge in [0.05, 0.1) is 24.3 Å². The van der Waals surface area contributed by atoms with Crippen LogP contribution in [-0.2, 0) is 24.3 Å². The molecule has 2 aromatic rings. The van der Waals surface area contributed by atoms with Crippen LogP contribution in [0.1, 0.15) is 23.9 Å². The van der Waals surface area contributed by atoms with E-state index in [1.807, 2.05) is 30.6 Å². The summed E-state index contributed by atoms with van der Waals surface area (Å²) in [5, 5.41) is 2.88. The summed E-state index contributed by atoms with van der Waals surface area (Å²) in [4.78, 5) is 16.2. The molecule has 0 saturated heterocycles. The Labute approximate surface area is 131 Å². The molecule has 1 N–H and O–H groups in total. The summed E-state index contributed by atoms with van der Waals surface area (Å²) >= 11 is 0. The number of allylic oxidation sites excluding steroid dienone is 1. The molecule has 1 amide bonds. The van der Waals surface area contributed by atoms with Crippen molar-refractivity contribution in [2.24, 2.45) is 0 Å². The van der Waals surface area contributed by atoms with Crippen molar-refractivity contribution in [3.8, 4) is 0 Å². The first-order valence-corrected chi connectivity index (χ1v) is 7.23. The van der Waals surface area contributed by atoms with Crippen LogP contribution in [0.2, 0.25) is 0 Å². The van der Waals surface area contributed by atoms with Gasteiger partial charge in [-0.3, -0.25) is 4.79 Å². The van der Waals surface area contributed by atoms with E-state index in [2.05, 4.69) is 40.2 Å². The van der Waals surface area contributed by atoms with Crippen LogP contribution >= 0.6 is 0 Å². The fraction of sp³-hybridized carbons (Fsp3) is 0.222. The molecule has 114 valence electrons. The zero-order chi connectivity index (χ0) is 15.9. The Morgan fingerprint density at radius 3 is 2.73 bits per heavy atom. The van der Waals surface area contributed by atoms with Crippen LogP contribution in [0.5, 0.6) is 0 Å². The third-order valence-corrected chi connectivity index (χ3v) is 3.37. The lowest BCUT2D eigenvalue weighted by molar-refractivity contribution is -0.117. The molecule has 0 saturated carbocycles. The van der Waals surface area contributed by atoms with Crippen molar-refractivity contribution in [1.29, 1.82) is 0 Å². The summed E-state index contributed by atoms with van der Waals surface area (Å²) < 4.78 is 2.06. The predicted octanol–water partition coefficient (Wildman–Crippen LogP) is 2.85. The number of benzene rings is 1. The topological polar surface area (TPSA) is 46.9 Å². The number of carbonyl (C=O) groups excluding carboxylic acids is 1. The lowest BCUT2D eigenvalue weighted by Gasteiger charge is -2.11. The molecular weight excluding hydrogens is 274 g/mol. The minimum absolute atomic E-state index is 0.142. The van der Waals surface area contributed by atoms with E-state index in [0.717, 1.165) is 17.9 Å². The molecule has 0 bridgehead atoms. The van der Waals surface area contributed by atoms with Gasteiger partial charge in [0, 0.05) is 18.5 Å². The Hall–Kier alpha value is -2.62. The number of hydrogen-bond donors (Lipinski definition) is 1. The van der Waals surface area contributed by atoms with Gasteiger partial charge in [-0.2, -0.15) is 0 Å². The van der Waals surface area contributed by atoms with Crippen LogP contribution in [-0.4, -0.2) is 15.5 Å². The van der Waals surface area contributed by atoms with Gasteiger partial charge >= 0.3 is 0 Å². The molecule has 0 atom stereocenters. The Balaban J connectivity index is 2.20. The number of imidazole rings is 1. The second kappa shape index (κ2) is 7.41. The molecular formula is C18H21N3O. The maximum atomic E-state index is 11.7. The average Bonchev–Trinajstić information content (AvgIpc) is 2.88. The van der Waals surface area contributed by atoms with E-state index in [-0.39, 0.29) is 5.91 Å². The fourth-order valence-corrected chi connectivity index (χ4v) is 2.19. The molecule has 4 nitrogen and oxygen atoms in total. The number of hydrogen-bond acceptors (Lipinski definition) is 2. The van der Waals surface area contributed by atoms with Crippen LogP contribution in [0.25, 0.3) is 0 Å². The van der Waals surface area contributed by atoms with Gasteiger partial charge in [-0.1, -0.05) is 43.0 Å². The Morgan fingerprint density at radius 2 is 2.09 bits per heavy atom. The standard InChI is InChI=1S/C18H21N3O/c1-4-8-16-17(11-19-18(22)14(2)3)21(13-20-16)12-15-9-6-5-7-10-15/h4-7,9-10,13H,1-2,8,11-12H2,3H3,(H,19,22). The zero-order valence-corrected chi connectivity index (χ0v) is 12.9. The largest absolute Gasteiger partial charge is 0.347 e. The van der Waals surface area contributed by atoms with E-state index in [1.54, 1.807) is 6.92 Å². The van der Waals surface area contributed by atoms with Gasteiger partial charge in [0.2, 0.25) is 5.91 Å². The van der Waals surface area contributed by atoms with E-state index in [0.29, 0.717) is 18.5 Å². The van der Waals surface area contributed by atoms with Crippen LogP contribution in [0.15, 0.2) is 61.5 Å². The molecule has 0 aliphatic carbocycles. The summed E-state index contributed by atoms with van der Waals surface area (Å²) in [6.07, 6.45) is 4.31. The minimum atomic E-state index is -0.142. The second-order valence-corrected chi connectivity index (χ2v) is 5.21. The normalized spacial score (nSPS) is 10.2. The lowest BCUT2D eigenvalue weighted by Crippen LogP contribution is -2.25. The van der Waals surface area contributed by atoms with Crippen molar-refractivity contribution in [3.05, 3.63) is 78.4 Å². The molecule has 0 aliphatic rings. The van der Waals surface area contributed by atoms with E-state index >= 15 is 0 Å². The third kappa shape index (κ3) is 3.95. The van der Waals surface area contributed by atoms with Gasteiger partial charge in [0.25, 0.3) is 0 Å².